The van der Waals surface area contributed by atoms with Gasteiger partial charge in [-0.3, -0.25) is 0 Å². The van der Waals surface area contributed by atoms with E-state index in [1.54, 1.807) is 0 Å². The third-order valence-corrected chi connectivity index (χ3v) is 5.41. The second-order valence-electron chi connectivity index (χ2n) is 7.38. The number of ether oxygens (including phenoxy) is 1. The molecule has 0 radical (unpaired) electrons. The monoisotopic (exact) mass is 402 g/mol. The van der Waals surface area contributed by atoms with Crippen molar-refractivity contribution in [2.75, 3.05) is 18.8 Å². The summed E-state index contributed by atoms with van der Waals surface area (Å²) in [7, 11) is 0. The van der Waals surface area contributed by atoms with Gasteiger partial charge < -0.3 is 15.7 Å². The van der Waals surface area contributed by atoms with Crippen LogP contribution in [0.4, 0.5) is 5.82 Å². The summed E-state index contributed by atoms with van der Waals surface area (Å²) in [5, 5.41) is 16.7. The van der Waals surface area contributed by atoms with E-state index in [0.717, 1.165) is 46.6 Å². The van der Waals surface area contributed by atoms with Crippen molar-refractivity contribution < 1.29 is 9.94 Å². The van der Waals surface area contributed by atoms with E-state index in [4.69, 9.17) is 15.6 Å². The molecule has 0 atom stereocenters. The predicted octanol–water partition coefficient (Wildman–Crippen LogP) is 3.89. The van der Waals surface area contributed by atoms with Crippen molar-refractivity contribution in [3.63, 3.8) is 0 Å². The molecule has 0 amide bonds. The number of piperidine rings is 1. The number of nitrogens with zero attached hydrogens (tertiary/aromatic N) is 5. The Labute approximate surface area is 173 Å². The normalized spacial score (nSPS) is 15.5. The Bertz CT molecular complexity index is 1150. The van der Waals surface area contributed by atoms with E-state index in [1.165, 1.54) is 11.4 Å². The van der Waals surface area contributed by atoms with E-state index in [2.05, 4.69) is 9.97 Å². The van der Waals surface area contributed by atoms with Gasteiger partial charge in [-0.05, 0) is 49.2 Å². The first-order valence-electron chi connectivity index (χ1n) is 9.95. The Balaban J connectivity index is 1.51. The number of hydrogen-bond donors (Lipinski definition) is 2. The largest absolute Gasteiger partial charge is 0.457 e. The lowest BCUT2D eigenvalue weighted by Crippen LogP contribution is -2.32. The molecular weight excluding hydrogens is 380 g/mol. The Hall–Kier alpha value is -3.49. The summed E-state index contributed by atoms with van der Waals surface area (Å²) in [5.74, 6) is 1.94. The molecule has 30 heavy (non-hydrogen) atoms. The molecule has 1 saturated heterocycles. The molecule has 8 nitrogen and oxygen atoms in total. The fourth-order valence-corrected chi connectivity index (χ4v) is 3.85. The molecule has 0 aliphatic carbocycles. The highest BCUT2D eigenvalue weighted by Gasteiger charge is 2.25. The summed E-state index contributed by atoms with van der Waals surface area (Å²) < 4.78 is 7.82. The smallest absolute Gasteiger partial charge is 0.164 e. The van der Waals surface area contributed by atoms with Crippen molar-refractivity contribution in [2.24, 2.45) is 0 Å². The van der Waals surface area contributed by atoms with Crippen LogP contribution in [0.25, 0.3) is 22.3 Å². The van der Waals surface area contributed by atoms with E-state index in [1.807, 2.05) is 59.3 Å². The number of para-hydroxylation sites is 1. The van der Waals surface area contributed by atoms with Crippen LogP contribution in [0.3, 0.4) is 0 Å². The number of hydrogen-bond acceptors (Lipinski definition) is 7. The van der Waals surface area contributed by atoms with E-state index in [9.17, 15) is 5.21 Å². The maximum atomic E-state index is 9.69. The maximum Gasteiger partial charge on any atom is 0.164 e. The molecule has 8 heteroatoms. The van der Waals surface area contributed by atoms with E-state index >= 15 is 0 Å². The highest BCUT2D eigenvalue weighted by Crippen LogP contribution is 2.34. The van der Waals surface area contributed by atoms with Crippen LogP contribution in [0.1, 0.15) is 18.9 Å². The molecule has 2 aromatic carbocycles. The first-order valence-corrected chi connectivity index (χ1v) is 9.95. The third-order valence-electron chi connectivity index (χ3n) is 5.41. The quantitative estimate of drug-likeness (QED) is 0.534. The molecule has 5 rings (SSSR count). The molecule has 3 N–H and O–H groups in total. The van der Waals surface area contributed by atoms with Gasteiger partial charge in [-0.2, -0.15) is 10.2 Å². The topological polar surface area (TPSA) is 102 Å². The molecule has 2 aromatic heterocycles. The number of anilines is 1. The van der Waals surface area contributed by atoms with Crippen LogP contribution in [0.5, 0.6) is 11.5 Å². The number of benzene rings is 2. The predicted molar refractivity (Wildman–Crippen MR) is 113 cm³/mol. The number of nitrogen functional groups attached to an aromatic ring is 1. The maximum absolute atomic E-state index is 9.69. The molecule has 1 fully saturated rings. The summed E-state index contributed by atoms with van der Waals surface area (Å²) in [6.45, 7) is 1.21. The average molecular weight is 402 g/mol. The molecule has 152 valence electrons. The van der Waals surface area contributed by atoms with Crippen molar-refractivity contribution in [3.05, 3.63) is 60.9 Å². The van der Waals surface area contributed by atoms with Gasteiger partial charge in [-0.15, -0.1) is 0 Å². The molecule has 0 bridgehead atoms. The first kappa shape index (κ1) is 18.5. The van der Waals surface area contributed by atoms with Gasteiger partial charge in [0, 0.05) is 18.7 Å². The summed E-state index contributed by atoms with van der Waals surface area (Å²) in [5.41, 5.74) is 8.60. The summed E-state index contributed by atoms with van der Waals surface area (Å²) >= 11 is 0. The summed E-state index contributed by atoms with van der Waals surface area (Å²) in [4.78, 5) is 8.64. The minimum atomic E-state index is 0.152. The molecule has 1 aliphatic rings. The molecular formula is C22H22N6O2. The zero-order chi connectivity index (χ0) is 20.5. The Morgan fingerprint density at radius 1 is 0.933 bits per heavy atom. The van der Waals surface area contributed by atoms with E-state index in [0.29, 0.717) is 18.9 Å². The van der Waals surface area contributed by atoms with Crippen LogP contribution in [-0.2, 0) is 0 Å². The zero-order valence-corrected chi connectivity index (χ0v) is 16.3. The first-order chi connectivity index (χ1) is 14.7. The molecule has 0 spiro atoms. The standard InChI is InChI=1S/C22H22N6O2/c23-21-19-20(15-6-8-18(9-7-15)30-17-4-2-1-3-5-17)26-28(22(19)25-14-24-21)16-10-12-27(29)13-11-16/h1-9,14,16,29H,10-13H2,(H2,23,24,25). The number of fused-ring (bicyclic) bond motifs is 1. The van der Waals surface area contributed by atoms with Gasteiger partial charge in [0.15, 0.2) is 5.65 Å². The lowest BCUT2D eigenvalue weighted by Gasteiger charge is -2.27. The fraction of sp³-hybridized carbons (Fsp3) is 0.227. The van der Waals surface area contributed by atoms with Crippen molar-refractivity contribution >= 4 is 16.9 Å². The third kappa shape index (κ3) is 3.47. The highest BCUT2D eigenvalue weighted by atomic mass is 16.5. The van der Waals surface area contributed by atoms with Gasteiger partial charge in [0.2, 0.25) is 0 Å². The Morgan fingerprint density at radius 3 is 2.37 bits per heavy atom. The second kappa shape index (κ2) is 7.74. The molecule has 0 saturated carbocycles. The molecule has 0 unspecified atom stereocenters. The van der Waals surface area contributed by atoms with Gasteiger partial charge in [0.25, 0.3) is 0 Å². The van der Waals surface area contributed by atoms with Gasteiger partial charge in [-0.1, -0.05) is 18.2 Å². The number of aromatic nitrogens is 4. The van der Waals surface area contributed by atoms with Crippen LogP contribution in [0, 0.1) is 0 Å². The van der Waals surface area contributed by atoms with Crippen molar-refractivity contribution in [2.45, 2.75) is 18.9 Å². The Morgan fingerprint density at radius 2 is 1.63 bits per heavy atom. The van der Waals surface area contributed by atoms with Crippen LogP contribution >= 0.6 is 0 Å². The average Bonchev–Trinajstić information content (AvgIpc) is 3.17. The summed E-state index contributed by atoms with van der Waals surface area (Å²) in [6, 6.07) is 17.6. The van der Waals surface area contributed by atoms with Crippen molar-refractivity contribution in [1.82, 2.24) is 24.8 Å². The second-order valence-corrected chi connectivity index (χ2v) is 7.38. The fourth-order valence-electron chi connectivity index (χ4n) is 3.85. The highest BCUT2D eigenvalue weighted by molar-refractivity contribution is 5.98. The van der Waals surface area contributed by atoms with Crippen LogP contribution < -0.4 is 10.5 Å². The van der Waals surface area contributed by atoms with E-state index < -0.39 is 0 Å². The van der Waals surface area contributed by atoms with Gasteiger partial charge in [0.05, 0.1) is 11.4 Å². The van der Waals surface area contributed by atoms with Gasteiger partial charge >= 0.3 is 0 Å². The minimum Gasteiger partial charge on any atom is -0.457 e. The van der Waals surface area contributed by atoms with Crippen LogP contribution in [-0.4, -0.2) is 43.1 Å². The number of rotatable bonds is 4. The molecule has 4 aromatic rings. The lowest BCUT2D eigenvalue weighted by atomic mass is 10.1. The van der Waals surface area contributed by atoms with Crippen LogP contribution in [0.15, 0.2) is 60.9 Å². The van der Waals surface area contributed by atoms with Crippen molar-refractivity contribution in [1.29, 1.82) is 0 Å². The van der Waals surface area contributed by atoms with Gasteiger partial charge in [-0.25, -0.2) is 14.6 Å². The number of hydroxylamine groups is 2. The Kier molecular flexibility index (Phi) is 4.78. The molecule has 3 heterocycles. The number of nitrogens with two attached hydrogens (primary N) is 1. The van der Waals surface area contributed by atoms with Crippen LogP contribution in [0.2, 0.25) is 0 Å². The molecule has 1 aliphatic heterocycles. The summed E-state index contributed by atoms with van der Waals surface area (Å²) in [6.07, 6.45) is 3.05. The zero-order valence-electron chi connectivity index (χ0n) is 16.3. The SMILES string of the molecule is Nc1ncnc2c1c(-c1ccc(Oc3ccccc3)cc1)nn2C1CCN(O)CC1. The van der Waals surface area contributed by atoms with E-state index in [-0.39, 0.29) is 6.04 Å². The van der Waals surface area contributed by atoms with Crippen molar-refractivity contribution in [3.8, 4) is 22.8 Å². The van der Waals surface area contributed by atoms with Gasteiger partial charge in [0.1, 0.15) is 29.3 Å². The lowest BCUT2D eigenvalue weighted by molar-refractivity contribution is -0.110. The minimum absolute atomic E-state index is 0.152.